The van der Waals surface area contributed by atoms with Crippen LogP contribution in [0.3, 0.4) is 0 Å². The van der Waals surface area contributed by atoms with Crippen LogP contribution in [-0.2, 0) is 6.42 Å². The van der Waals surface area contributed by atoms with Crippen LogP contribution >= 0.6 is 0 Å². The SMILES string of the molecule is CCCCCC1CCC(c2ccc(-c3nccc(-c4cc5c([nH]4)CCNC5=O)n3)cc2)CC1. The van der Waals surface area contributed by atoms with Gasteiger partial charge in [-0.25, -0.2) is 9.97 Å². The lowest BCUT2D eigenvalue weighted by Gasteiger charge is -2.29. The molecule has 1 fully saturated rings. The minimum atomic E-state index is -0.0152. The molecule has 172 valence electrons. The van der Waals surface area contributed by atoms with Crippen LogP contribution in [0.5, 0.6) is 0 Å². The third-order valence-corrected chi connectivity index (χ3v) is 7.44. The molecule has 5 nitrogen and oxygen atoms in total. The second kappa shape index (κ2) is 9.90. The lowest BCUT2D eigenvalue weighted by atomic mass is 9.77. The first kappa shape index (κ1) is 21.9. The highest BCUT2D eigenvalue weighted by Crippen LogP contribution is 2.38. The van der Waals surface area contributed by atoms with E-state index < -0.39 is 0 Å². The number of aromatic nitrogens is 3. The van der Waals surface area contributed by atoms with E-state index in [1.165, 1.54) is 56.9 Å². The number of carbonyl (C=O) groups is 1. The summed E-state index contributed by atoms with van der Waals surface area (Å²) in [5.74, 6) is 2.33. The van der Waals surface area contributed by atoms with Crippen LogP contribution in [0.2, 0.25) is 0 Å². The number of nitrogens with one attached hydrogen (secondary N) is 2. The molecule has 1 aliphatic carbocycles. The molecule has 1 saturated carbocycles. The molecule has 1 amide bonds. The monoisotopic (exact) mass is 442 g/mol. The second-order valence-electron chi connectivity index (χ2n) is 9.68. The number of benzene rings is 1. The molecule has 1 aromatic carbocycles. The quantitative estimate of drug-likeness (QED) is 0.423. The van der Waals surface area contributed by atoms with E-state index in [1.807, 2.05) is 12.1 Å². The number of carbonyl (C=O) groups excluding carboxylic acids is 1. The van der Waals surface area contributed by atoms with Crippen molar-refractivity contribution >= 4 is 5.91 Å². The van der Waals surface area contributed by atoms with E-state index in [1.54, 1.807) is 6.20 Å². The van der Waals surface area contributed by atoms with E-state index in [-0.39, 0.29) is 5.91 Å². The number of nitrogens with zero attached hydrogens (tertiary/aromatic N) is 2. The average Bonchev–Trinajstić information content (AvgIpc) is 3.31. The third-order valence-electron chi connectivity index (χ3n) is 7.44. The van der Waals surface area contributed by atoms with Gasteiger partial charge < -0.3 is 10.3 Å². The Morgan fingerprint density at radius 1 is 1.03 bits per heavy atom. The van der Waals surface area contributed by atoms with Crippen LogP contribution in [-0.4, -0.2) is 27.4 Å². The number of fused-ring (bicyclic) bond motifs is 1. The predicted octanol–water partition coefficient (Wildman–Crippen LogP) is 6.28. The molecule has 33 heavy (non-hydrogen) atoms. The third kappa shape index (κ3) is 4.87. The summed E-state index contributed by atoms with van der Waals surface area (Å²) >= 11 is 0. The van der Waals surface area contributed by atoms with Crippen molar-refractivity contribution in [2.24, 2.45) is 5.92 Å². The van der Waals surface area contributed by atoms with E-state index in [4.69, 9.17) is 4.98 Å². The molecule has 1 aliphatic heterocycles. The molecule has 2 aromatic heterocycles. The van der Waals surface area contributed by atoms with Gasteiger partial charge in [-0.3, -0.25) is 4.79 Å². The molecule has 5 rings (SSSR count). The number of unbranched alkanes of at least 4 members (excludes halogenated alkanes) is 2. The number of aromatic amines is 1. The molecule has 0 saturated heterocycles. The van der Waals surface area contributed by atoms with Gasteiger partial charge >= 0.3 is 0 Å². The summed E-state index contributed by atoms with van der Waals surface area (Å²) < 4.78 is 0. The van der Waals surface area contributed by atoms with Crippen molar-refractivity contribution in [2.75, 3.05) is 6.54 Å². The van der Waals surface area contributed by atoms with Gasteiger partial charge in [0.25, 0.3) is 5.91 Å². The normalized spacial score (nSPS) is 20.3. The molecule has 0 spiro atoms. The van der Waals surface area contributed by atoms with E-state index >= 15 is 0 Å². The van der Waals surface area contributed by atoms with E-state index in [9.17, 15) is 4.79 Å². The molecular formula is C28H34N4O. The predicted molar refractivity (Wildman–Crippen MR) is 132 cm³/mol. The number of amides is 1. The van der Waals surface area contributed by atoms with E-state index in [2.05, 4.69) is 46.5 Å². The van der Waals surface area contributed by atoms with Crippen molar-refractivity contribution in [3.63, 3.8) is 0 Å². The Morgan fingerprint density at radius 3 is 2.61 bits per heavy atom. The Bertz CT molecular complexity index is 1090. The van der Waals surface area contributed by atoms with Gasteiger partial charge in [-0.1, -0.05) is 56.9 Å². The van der Waals surface area contributed by atoms with Gasteiger partial charge in [0.15, 0.2) is 5.82 Å². The Kier molecular flexibility index (Phi) is 6.56. The highest BCUT2D eigenvalue weighted by molar-refractivity contribution is 5.97. The Balaban J connectivity index is 1.26. The maximum Gasteiger partial charge on any atom is 0.253 e. The largest absolute Gasteiger partial charge is 0.356 e. The van der Waals surface area contributed by atoms with Crippen LogP contribution in [0.25, 0.3) is 22.8 Å². The molecular weight excluding hydrogens is 408 g/mol. The molecule has 3 heterocycles. The average molecular weight is 443 g/mol. The minimum Gasteiger partial charge on any atom is -0.356 e. The van der Waals surface area contributed by atoms with Crippen molar-refractivity contribution in [2.45, 2.75) is 70.6 Å². The summed E-state index contributed by atoms with van der Waals surface area (Å²) in [6.07, 6.45) is 13.5. The molecule has 0 bridgehead atoms. The van der Waals surface area contributed by atoms with Crippen LogP contribution in [0.4, 0.5) is 0 Å². The molecule has 3 aromatic rings. The summed E-state index contributed by atoms with van der Waals surface area (Å²) in [4.78, 5) is 24.8. The summed E-state index contributed by atoms with van der Waals surface area (Å²) in [5, 5.41) is 2.89. The fraction of sp³-hybridized carbons (Fsp3) is 0.464. The van der Waals surface area contributed by atoms with Crippen molar-refractivity contribution in [1.82, 2.24) is 20.3 Å². The highest BCUT2D eigenvalue weighted by atomic mass is 16.1. The smallest absolute Gasteiger partial charge is 0.253 e. The van der Waals surface area contributed by atoms with Gasteiger partial charge in [0.1, 0.15) is 0 Å². The summed E-state index contributed by atoms with van der Waals surface area (Å²) in [5.41, 5.74) is 5.87. The van der Waals surface area contributed by atoms with Crippen LogP contribution < -0.4 is 5.32 Å². The van der Waals surface area contributed by atoms with Crippen LogP contribution in [0, 0.1) is 5.92 Å². The molecule has 5 heteroatoms. The fourth-order valence-corrected chi connectivity index (χ4v) is 5.45. The van der Waals surface area contributed by atoms with E-state index in [0.29, 0.717) is 12.5 Å². The topological polar surface area (TPSA) is 70.7 Å². The van der Waals surface area contributed by atoms with Crippen molar-refractivity contribution in [3.05, 3.63) is 59.4 Å². The first-order valence-electron chi connectivity index (χ1n) is 12.6. The van der Waals surface area contributed by atoms with Gasteiger partial charge in [-0.2, -0.15) is 0 Å². The van der Waals surface area contributed by atoms with Gasteiger partial charge in [0.05, 0.1) is 17.0 Å². The number of hydrogen-bond donors (Lipinski definition) is 2. The lowest BCUT2D eigenvalue weighted by molar-refractivity contribution is 0.0946. The second-order valence-corrected chi connectivity index (χ2v) is 9.68. The molecule has 2 aliphatic rings. The van der Waals surface area contributed by atoms with Gasteiger partial charge in [0, 0.05) is 30.4 Å². The summed E-state index contributed by atoms with van der Waals surface area (Å²) in [6.45, 7) is 2.96. The maximum absolute atomic E-state index is 12.1. The number of H-pyrrole nitrogens is 1. The summed E-state index contributed by atoms with van der Waals surface area (Å²) in [6, 6.07) is 12.7. The Morgan fingerprint density at radius 2 is 1.85 bits per heavy atom. The molecule has 0 unspecified atom stereocenters. The fourth-order valence-electron chi connectivity index (χ4n) is 5.45. The Hall–Kier alpha value is -2.95. The standard InChI is InChI=1S/C28H34N4O/c1-2-3-4-5-19-6-8-20(9-7-19)21-10-12-22(13-11-21)27-29-16-15-25(32-27)26-18-23-24(31-26)14-17-30-28(23)33/h10-13,15-16,18-20,31H,2-9,14,17H2,1H3,(H,30,33). The first-order chi connectivity index (χ1) is 16.2. The van der Waals surface area contributed by atoms with Crippen LogP contribution in [0.1, 0.15) is 85.8 Å². The first-order valence-corrected chi connectivity index (χ1v) is 12.6. The van der Waals surface area contributed by atoms with Gasteiger partial charge in [-0.05, 0) is 55.2 Å². The number of hydrogen-bond acceptors (Lipinski definition) is 3. The minimum absolute atomic E-state index is 0.0152. The molecule has 2 N–H and O–H groups in total. The zero-order chi connectivity index (χ0) is 22.6. The lowest BCUT2D eigenvalue weighted by Crippen LogP contribution is -2.31. The summed E-state index contributed by atoms with van der Waals surface area (Å²) in [7, 11) is 0. The Labute approximate surface area is 196 Å². The van der Waals surface area contributed by atoms with Gasteiger partial charge in [-0.15, -0.1) is 0 Å². The van der Waals surface area contributed by atoms with Crippen LogP contribution in [0.15, 0.2) is 42.6 Å². The number of rotatable bonds is 7. The zero-order valence-corrected chi connectivity index (χ0v) is 19.6. The highest BCUT2D eigenvalue weighted by Gasteiger charge is 2.23. The zero-order valence-electron chi connectivity index (χ0n) is 19.6. The van der Waals surface area contributed by atoms with Gasteiger partial charge in [0.2, 0.25) is 0 Å². The van der Waals surface area contributed by atoms with Crippen molar-refractivity contribution in [3.8, 4) is 22.8 Å². The van der Waals surface area contributed by atoms with E-state index in [0.717, 1.165) is 46.4 Å². The maximum atomic E-state index is 12.1. The van der Waals surface area contributed by atoms with Crippen molar-refractivity contribution < 1.29 is 4.79 Å². The molecule has 0 radical (unpaired) electrons. The molecule has 0 atom stereocenters. The van der Waals surface area contributed by atoms with Crippen molar-refractivity contribution in [1.29, 1.82) is 0 Å².